The molecule has 2 aromatic rings. The van der Waals surface area contributed by atoms with Gasteiger partial charge in [0.05, 0.1) is 6.61 Å². The molecule has 0 heterocycles. The van der Waals surface area contributed by atoms with Crippen LogP contribution in [0.1, 0.15) is 47.4 Å². The summed E-state index contributed by atoms with van der Waals surface area (Å²) in [6, 6.07) is 17.4. The van der Waals surface area contributed by atoms with E-state index in [1.54, 1.807) is 6.92 Å². The molecule has 2 bridgehead atoms. The minimum Gasteiger partial charge on any atom is -0.462 e. The summed E-state index contributed by atoms with van der Waals surface area (Å²) in [5.74, 6) is 0.798. The average Bonchev–Trinajstić information content (AvgIpc) is 2.59. The number of ether oxygens (including phenoxy) is 1. The van der Waals surface area contributed by atoms with Crippen LogP contribution in [0, 0.1) is 5.92 Å². The van der Waals surface area contributed by atoms with Gasteiger partial charge in [0.15, 0.2) is 0 Å². The fourth-order valence-corrected chi connectivity index (χ4v) is 4.23. The SMILES string of the molecule is C=C(C)C(=O)OC[C@@H]1CC2c3ccccc3C1c1ccccc12. The largest absolute Gasteiger partial charge is 0.462 e. The van der Waals surface area contributed by atoms with Crippen LogP contribution >= 0.6 is 0 Å². The van der Waals surface area contributed by atoms with Gasteiger partial charge in [-0.05, 0) is 35.6 Å². The molecule has 0 aromatic heterocycles. The number of hydrogen-bond acceptors (Lipinski definition) is 2. The van der Waals surface area contributed by atoms with Crippen molar-refractivity contribution in [3.8, 4) is 0 Å². The summed E-state index contributed by atoms with van der Waals surface area (Å²) < 4.78 is 5.49. The van der Waals surface area contributed by atoms with Gasteiger partial charge in [0.2, 0.25) is 0 Å². The van der Waals surface area contributed by atoms with Crippen molar-refractivity contribution < 1.29 is 9.53 Å². The van der Waals surface area contributed by atoms with E-state index in [-0.39, 0.29) is 5.97 Å². The van der Waals surface area contributed by atoms with Crippen LogP contribution in [0.15, 0.2) is 60.7 Å². The lowest BCUT2D eigenvalue weighted by Crippen LogP contribution is -2.35. The maximum absolute atomic E-state index is 11.8. The number of hydrogen-bond donors (Lipinski definition) is 0. The predicted molar refractivity (Wildman–Crippen MR) is 90.5 cm³/mol. The Morgan fingerprint density at radius 1 is 1.04 bits per heavy atom. The second-order valence-electron chi connectivity index (χ2n) is 6.66. The maximum Gasteiger partial charge on any atom is 0.333 e. The van der Waals surface area contributed by atoms with E-state index in [0.29, 0.717) is 29.9 Å². The molecule has 3 aliphatic rings. The lowest BCUT2D eigenvalue weighted by Gasteiger charge is -2.45. The van der Waals surface area contributed by atoms with E-state index in [4.69, 9.17) is 4.74 Å². The van der Waals surface area contributed by atoms with Crippen molar-refractivity contribution in [3.63, 3.8) is 0 Å². The molecule has 0 saturated carbocycles. The number of esters is 1. The highest BCUT2D eigenvalue weighted by Crippen LogP contribution is 2.55. The zero-order valence-corrected chi connectivity index (χ0v) is 13.3. The summed E-state index contributed by atoms with van der Waals surface area (Å²) in [7, 11) is 0. The first kappa shape index (κ1) is 14.3. The Labute approximate surface area is 136 Å². The summed E-state index contributed by atoms with van der Waals surface area (Å²) in [6.45, 7) is 5.83. The number of carbonyl (C=O) groups excluding carboxylic acids is 1. The molecular formula is C21H20O2. The van der Waals surface area contributed by atoms with E-state index in [0.717, 1.165) is 6.42 Å². The number of benzene rings is 2. The summed E-state index contributed by atoms with van der Waals surface area (Å²) in [5.41, 5.74) is 6.15. The standard InChI is InChI=1S/C21H20O2/c1-13(2)21(22)23-12-14-11-19-15-7-3-5-9-17(15)20(14)18-10-6-4-8-16(18)19/h3-10,14,19-20H,1,11-12H2,2H3/t14-,19?,20?/m0/s1. The van der Waals surface area contributed by atoms with Crippen molar-refractivity contribution in [2.75, 3.05) is 6.61 Å². The molecule has 2 aromatic carbocycles. The molecule has 116 valence electrons. The quantitative estimate of drug-likeness (QED) is 0.620. The highest BCUT2D eigenvalue weighted by Gasteiger charge is 2.43. The Kier molecular flexibility index (Phi) is 3.33. The molecule has 2 heteroatoms. The third kappa shape index (κ3) is 2.21. The average molecular weight is 304 g/mol. The highest BCUT2D eigenvalue weighted by atomic mass is 16.5. The van der Waals surface area contributed by atoms with Crippen LogP contribution in [0.4, 0.5) is 0 Å². The molecule has 1 atom stereocenters. The second-order valence-corrected chi connectivity index (χ2v) is 6.66. The zero-order valence-electron chi connectivity index (χ0n) is 13.3. The lowest BCUT2D eigenvalue weighted by molar-refractivity contribution is -0.140. The van der Waals surface area contributed by atoms with E-state index in [1.807, 2.05) is 0 Å². The molecule has 0 unspecified atom stereocenters. The van der Waals surface area contributed by atoms with Crippen molar-refractivity contribution in [1.29, 1.82) is 0 Å². The minimum atomic E-state index is -0.284. The smallest absolute Gasteiger partial charge is 0.333 e. The normalized spacial score (nSPS) is 23.8. The van der Waals surface area contributed by atoms with E-state index in [9.17, 15) is 4.79 Å². The molecule has 23 heavy (non-hydrogen) atoms. The van der Waals surface area contributed by atoms with Crippen molar-refractivity contribution in [2.45, 2.75) is 25.2 Å². The van der Waals surface area contributed by atoms with Crippen molar-refractivity contribution in [1.82, 2.24) is 0 Å². The first-order chi connectivity index (χ1) is 11.2. The van der Waals surface area contributed by atoms with Gasteiger partial charge in [-0.3, -0.25) is 0 Å². The van der Waals surface area contributed by atoms with Gasteiger partial charge >= 0.3 is 5.97 Å². The molecule has 0 amide bonds. The van der Waals surface area contributed by atoms with Crippen molar-refractivity contribution >= 4 is 5.97 Å². The Morgan fingerprint density at radius 2 is 1.57 bits per heavy atom. The van der Waals surface area contributed by atoms with Crippen LogP contribution in [0.5, 0.6) is 0 Å². The van der Waals surface area contributed by atoms with Gasteiger partial charge in [-0.2, -0.15) is 0 Å². The van der Waals surface area contributed by atoms with E-state index < -0.39 is 0 Å². The first-order valence-corrected chi connectivity index (χ1v) is 8.17. The minimum absolute atomic E-state index is 0.284. The van der Waals surface area contributed by atoms with E-state index >= 15 is 0 Å². The molecule has 5 rings (SSSR count). The maximum atomic E-state index is 11.8. The number of fused-ring (bicyclic) bond motifs is 1. The van der Waals surface area contributed by atoms with Crippen LogP contribution in [0.3, 0.4) is 0 Å². The number of rotatable bonds is 3. The zero-order chi connectivity index (χ0) is 16.0. The molecule has 0 N–H and O–H groups in total. The van der Waals surface area contributed by atoms with Crippen molar-refractivity contribution in [3.05, 3.63) is 82.9 Å². The summed E-state index contributed by atoms with van der Waals surface area (Å²) >= 11 is 0. The molecule has 0 aliphatic heterocycles. The fraction of sp³-hybridized carbons (Fsp3) is 0.286. The van der Waals surface area contributed by atoms with Gasteiger partial charge in [0.25, 0.3) is 0 Å². The molecule has 0 spiro atoms. The van der Waals surface area contributed by atoms with Crippen LogP contribution < -0.4 is 0 Å². The first-order valence-electron chi connectivity index (χ1n) is 8.17. The van der Waals surface area contributed by atoms with Gasteiger partial charge in [0.1, 0.15) is 0 Å². The highest BCUT2D eigenvalue weighted by molar-refractivity contribution is 5.86. The summed E-state index contributed by atoms with van der Waals surface area (Å²) in [5, 5.41) is 0. The van der Waals surface area contributed by atoms with Crippen LogP contribution in [0.2, 0.25) is 0 Å². The van der Waals surface area contributed by atoms with Gasteiger partial charge in [-0.1, -0.05) is 55.1 Å². The molecule has 0 fully saturated rings. The van der Waals surface area contributed by atoms with Crippen LogP contribution in [-0.4, -0.2) is 12.6 Å². The lowest BCUT2D eigenvalue weighted by atomic mass is 9.59. The van der Waals surface area contributed by atoms with Crippen LogP contribution in [-0.2, 0) is 9.53 Å². The molecule has 2 nitrogen and oxygen atoms in total. The summed E-state index contributed by atoms with van der Waals surface area (Å²) in [4.78, 5) is 11.8. The Hall–Kier alpha value is -2.35. The topological polar surface area (TPSA) is 26.3 Å². The second kappa shape index (κ2) is 5.38. The summed E-state index contributed by atoms with van der Waals surface area (Å²) in [6.07, 6.45) is 1.04. The van der Waals surface area contributed by atoms with E-state index in [2.05, 4.69) is 55.1 Å². The van der Waals surface area contributed by atoms with Gasteiger partial charge < -0.3 is 4.74 Å². The molecule has 0 radical (unpaired) electrons. The van der Waals surface area contributed by atoms with Gasteiger partial charge in [-0.25, -0.2) is 4.79 Å². The molecule has 3 aliphatic carbocycles. The van der Waals surface area contributed by atoms with Gasteiger partial charge in [0, 0.05) is 23.3 Å². The van der Waals surface area contributed by atoms with Crippen molar-refractivity contribution in [2.24, 2.45) is 5.92 Å². The molecule has 0 saturated heterocycles. The Balaban J connectivity index is 1.71. The Bertz CT molecular complexity index is 742. The monoisotopic (exact) mass is 304 g/mol. The van der Waals surface area contributed by atoms with E-state index in [1.165, 1.54) is 22.3 Å². The van der Waals surface area contributed by atoms with Gasteiger partial charge in [-0.15, -0.1) is 0 Å². The fourth-order valence-electron chi connectivity index (χ4n) is 4.23. The third-order valence-electron chi connectivity index (χ3n) is 5.20. The predicted octanol–water partition coefficient (Wildman–Crippen LogP) is 4.40. The molecular weight excluding hydrogens is 284 g/mol. The third-order valence-corrected chi connectivity index (χ3v) is 5.20. The Morgan fingerprint density at radius 3 is 2.09 bits per heavy atom. The van der Waals surface area contributed by atoms with Crippen LogP contribution in [0.25, 0.3) is 0 Å². The number of carbonyl (C=O) groups is 1.